The van der Waals surface area contributed by atoms with Gasteiger partial charge in [-0.25, -0.2) is 26.4 Å². The standard InChI is InChI=1S/C12H18F3N3O2S.C2HF3O2/c1-12(15,18-6-4-3-5-7-18)21(19,20)10-8-9(11(13)14)16-17(10)2;3-2(4,5)1(6)7/h8,11H,3-7H2,1-2H3;(H,6,7). The molecule has 2 heterocycles. The number of hydrogen-bond donors (Lipinski definition) is 1. The number of aryl methyl sites for hydroxylation is 1. The highest BCUT2D eigenvalue weighted by molar-refractivity contribution is 7.92. The van der Waals surface area contributed by atoms with Gasteiger partial charge in [0.25, 0.3) is 11.6 Å². The Morgan fingerprint density at radius 3 is 2.00 bits per heavy atom. The molecule has 0 saturated carbocycles. The molecule has 1 aromatic heterocycles. The maximum absolute atomic E-state index is 14.9. The minimum atomic E-state index is -5.08. The van der Waals surface area contributed by atoms with E-state index in [0.29, 0.717) is 25.9 Å². The number of carbonyl (C=O) groups is 1. The van der Waals surface area contributed by atoms with Gasteiger partial charge in [0.15, 0.2) is 5.03 Å². The Bertz CT molecular complexity index is 785. The van der Waals surface area contributed by atoms with Gasteiger partial charge >= 0.3 is 12.1 Å². The van der Waals surface area contributed by atoms with E-state index in [4.69, 9.17) is 9.90 Å². The van der Waals surface area contributed by atoms with E-state index in [1.54, 1.807) is 0 Å². The van der Waals surface area contributed by atoms with Crippen LogP contribution in [-0.4, -0.2) is 58.6 Å². The summed E-state index contributed by atoms with van der Waals surface area (Å²) in [5.41, 5.74) is -0.675. The van der Waals surface area contributed by atoms with Crippen molar-refractivity contribution in [3.05, 3.63) is 11.8 Å². The van der Waals surface area contributed by atoms with E-state index in [9.17, 15) is 34.8 Å². The molecule has 1 saturated heterocycles. The molecule has 1 aliphatic rings. The molecule has 7 nitrogen and oxygen atoms in total. The molecule has 162 valence electrons. The van der Waals surface area contributed by atoms with Crippen molar-refractivity contribution < 1.29 is 44.7 Å². The number of rotatable bonds is 4. The van der Waals surface area contributed by atoms with E-state index >= 15 is 0 Å². The molecule has 1 fully saturated rings. The zero-order valence-electron chi connectivity index (χ0n) is 14.9. The second-order valence-electron chi connectivity index (χ2n) is 6.06. The van der Waals surface area contributed by atoms with E-state index in [2.05, 4.69) is 5.10 Å². The Morgan fingerprint density at radius 2 is 1.64 bits per heavy atom. The molecule has 0 aromatic carbocycles. The first-order valence-electron chi connectivity index (χ1n) is 7.93. The van der Waals surface area contributed by atoms with Crippen LogP contribution in [0.3, 0.4) is 0 Å². The van der Waals surface area contributed by atoms with Gasteiger partial charge in [0.05, 0.1) is 0 Å². The molecular weight excluding hydrogens is 420 g/mol. The average molecular weight is 439 g/mol. The van der Waals surface area contributed by atoms with Crippen molar-refractivity contribution in [2.75, 3.05) is 13.1 Å². The van der Waals surface area contributed by atoms with Crippen molar-refractivity contribution in [3.8, 4) is 0 Å². The maximum Gasteiger partial charge on any atom is 0.490 e. The van der Waals surface area contributed by atoms with Crippen LogP contribution in [0.5, 0.6) is 0 Å². The highest BCUT2D eigenvalue weighted by Crippen LogP contribution is 2.34. The highest BCUT2D eigenvalue weighted by atomic mass is 32.2. The Hall–Kier alpha value is -1.83. The van der Waals surface area contributed by atoms with Crippen molar-refractivity contribution in [3.63, 3.8) is 0 Å². The van der Waals surface area contributed by atoms with Crippen molar-refractivity contribution in [2.45, 2.75) is 48.9 Å². The summed E-state index contributed by atoms with van der Waals surface area (Å²) in [4.78, 5) is 10.1. The number of aromatic nitrogens is 2. The van der Waals surface area contributed by atoms with E-state index in [1.807, 2.05) is 0 Å². The molecule has 1 atom stereocenters. The first kappa shape index (κ1) is 24.2. The Balaban J connectivity index is 0.000000480. The third-order valence-electron chi connectivity index (χ3n) is 4.01. The van der Waals surface area contributed by atoms with E-state index < -0.39 is 44.3 Å². The minimum absolute atomic E-state index is 0.325. The largest absolute Gasteiger partial charge is 0.490 e. The number of carboxylic acids is 1. The SMILES string of the molecule is Cn1nc(C(F)F)cc1S(=O)(=O)C(C)(F)N1CCCCC1.O=C(O)C(F)(F)F. The lowest BCUT2D eigenvalue weighted by Gasteiger charge is -2.36. The number of sulfone groups is 1. The Morgan fingerprint density at radius 1 is 1.18 bits per heavy atom. The molecule has 1 unspecified atom stereocenters. The van der Waals surface area contributed by atoms with E-state index in [1.165, 1.54) is 11.9 Å². The van der Waals surface area contributed by atoms with Gasteiger partial charge in [-0.2, -0.15) is 18.3 Å². The summed E-state index contributed by atoms with van der Waals surface area (Å²) >= 11 is 0. The Labute approximate surface area is 156 Å². The van der Waals surface area contributed by atoms with Gasteiger partial charge in [-0.3, -0.25) is 9.58 Å². The molecule has 0 bridgehead atoms. The molecule has 0 amide bonds. The van der Waals surface area contributed by atoms with Crippen molar-refractivity contribution in [2.24, 2.45) is 7.05 Å². The van der Waals surface area contributed by atoms with Crippen LogP contribution >= 0.6 is 0 Å². The number of likely N-dealkylation sites (tertiary alicyclic amines) is 1. The second-order valence-corrected chi connectivity index (χ2v) is 8.23. The maximum atomic E-state index is 14.9. The quantitative estimate of drug-likeness (QED) is 0.573. The lowest BCUT2D eigenvalue weighted by atomic mass is 10.1. The summed E-state index contributed by atoms with van der Waals surface area (Å²) in [5.74, 6) is -2.76. The summed E-state index contributed by atoms with van der Waals surface area (Å²) < 4.78 is 97.7. The molecule has 1 N–H and O–H groups in total. The van der Waals surface area contributed by atoms with Gasteiger partial charge in [-0.05, 0) is 19.8 Å². The van der Waals surface area contributed by atoms with Gasteiger partial charge < -0.3 is 5.11 Å². The van der Waals surface area contributed by atoms with Crippen molar-refractivity contribution in [1.29, 1.82) is 0 Å². The fourth-order valence-corrected chi connectivity index (χ4v) is 4.05. The molecule has 14 heteroatoms. The number of piperidine rings is 1. The molecule has 2 rings (SSSR count). The van der Waals surface area contributed by atoms with Gasteiger partial charge in [0.2, 0.25) is 9.84 Å². The van der Waals surface area contributed by atoms with Gasteiger partial charge in [0.1, 0.15) is 5.69 Å². The zero-order valence-corrected chi connectivity index (χ0v) is 15.7. The highest BCUT2D eigenvalue weighted by Gasteiger charge is 2.48. The third kappa shape index (κ3) is 5.37. The summed E-state index contributed by atoms with van der Waals surface area (Å²) in [6.07, 6.45) is -5.64. The predicted molar refractivity (Wildman–Crippen MR) is 84.0 cm³/mol. The number of alkyl halides is 6. The second kappa shape index (κ2) is 8.68. The Kier molecular flexibility index (Phi) is 7.50. The number of halogens is 6. The van der Waals surface area contributed by atoms with Crippen LogP contribution in [0.15, 0.2) is 11.1 Å². The number of aliphatic carboxylic acids is 1. The normalized spacial score (nSPS) is 18.3. The predicted octanol–water partition coefficient (Wildman–Crippen LogP) is 2.89. The first-order valence-corrected chi connectivity index (χ1v) is 9.41. The van der Waals surface area contributed by atoms with E-state index in [0.717, 1.165) is 24.1 Å². The summed E-state index contributed by atoms with van der Waals surface area (Å²) in [7, 11) is -3.24. The fraction of sp³-hybridized carbons (Fsp3) is 0.714. The van der Waals surface area contributed by atoms with Crippen LogP contribution in [0.4, 0.5) is 26.3 Å². The molecule has 1 aromatic rings. The van der Waals surface area contributed by atoms with Crippen molar-refractivity contribution in [1.82, 2.24) is 14.7 Å². The summed E-state index contributed by atoms with van der Waals surface area (Å²) in [6.45, 7) is 1.61. The number of hydrogen-bond acceptors (Lipinski definition) is 5. The first-order chi connectivity index (χ1) is 12.6. The van der Waals surface area contributed by atoms with Crippen LogP contribution in [-0.2, 0) is 21.7 Å². The monoisotopic (exact) mass is 439 g/mol. The smallest absolute Gasteiger partial charge is 0.475 e. The number of carboxylic acid groups (broad SMARTS) is 1. The van der Waals surface area contributed by atoms with Crippen LogP contribution in [0, 0.1) is 0 Å². The zero-order chi connectivity index (χ0) is 21.9. The van der Waals surface area contributed by atoms with Crippen LogP contribution in [0.2, 0.25) is 0 Å². The van der Waals surface area contributed by atoms with Gasteiger partial charge in [-0.1, -0.05) is 6.42 Å². The molecule has 28 heavy (non-hydrogen) atoms. The fourth-order valence-electron chi connectivity index (χ4n) is 2.48. The third-order valence-corrected chi connectivity index (χ3v) is 6.18. The lowest BCUT2D eigenvalue weighted by molar-refractivity contribution is -0.192. The van der Waals surface area contributed by atoms with Crippen LogP contribution in [0.25, 0.3) is 0 Å². The van der Waals surface area contributed by atoms with Gasteiger partial charge in [0, 0.05) is 26.2 Å². The minimum Gasteiger partial charge on any atom is -0.475 e. The summed E-state index contributed by atoms with van der Waals surface area (Å²) in [6, 6.07) is 0.738. The van der Waals surface area contributed by atoms with E-state index in [-0.39, 0.29) is 0 Å². The molecule has 1 aliphatic heterocycles. The van der Waals surface area contributed by atoms with Crippen molar-refractivity contribution >= 4 is 15.8 Å². The van der Waals surface area contributed by atoms with Crippen LogP contribution in [0.1, 0.15) is 38.3 Å². The molecule has 0 radical (unpaired) electrons. The van der Waals surface area contributed by atoms with Crippen LogP contribution < -0.4 is 0 Å². The number of nitrogens with zero attached hydrogens (tertiary/aromatic N) is 3. The lowest BCUT2D eigenvalue weighted by Crippen LogP contribution is -2.51. The average Bonchev–Trinajstić information content (AvgIpc) is 2.98. The molecule has 0 aliphatic carbocycles. The topological polar surface area (TPSA) is 92.5 Å². The summed E-state index contributed by atoms with van der Waals surface area (Å²) in [5, 5.41) is 7.39. The molecule has 0 spiro atoms. The van der Waals surface area contributed by atoms with Gasteiger partial charge in [-0.15, -0.1) is 0 Å². The molecular formula is C14H19F6N3O4S.